The van der Waals surface area contributed by atoms with E-state index in [-0.39, 0.29) is 38.7 Å². The van der Waals surface area contributed by atoms with Gasteiger partial charge in [-0.2, -0.15) is 31.3 Å². The van der Waals surface area contributed by atoms with E-state index in [4.69, 9.17) is 11.6 Å². The van der Waals surface area contributed by atoms with Crippen molar-refractivity contribution in [2.45, 2.75) is 45.2 Å². The first-order chi connectivity index (χ1) is 17.9. The molecule has 15 heteroatoms. The van der Waals surface area contributed by atoms with E-state index < -0.39 is 47.9 Å². The van der Waals surface area contributed by atoms with Gasteiger partial charge in [-0.3, -0.25) is 9.59 Å². The van der Waals surface area contributed by atoms with Gasteiger partial charge < -0.3 is 15.7 Å². The zero-order chi connectivity index (χ0) is 29.3. The second kappa shape index (κ2) is 10.8. The van der Waals surface area contributed by atoms with E-state index in [9.17, 15) is 41.0 Å². The molecule has 2 amide bonds. The lowest BCUT2D eigenvalue weighted by Gasteiger charge is -2.24. The normalized spacial score (nSPS) is 12.4. The molecular formula is C24H22ClF6N5O3. The quantitative estimate of drug-likeness (QED) is 0.340. The van der Waals surface area contributed by atoms with Gasteiger partial charge in [-0.15, -0.1) is 5.10 Å². The molecule has 1 heterocycles. The van der Waals surface area contributed by atoms with Crippen LogP contribution >= 0.6 is 11.6 Å². The van der Waals surface area contributed by atoms with Gasteiger partial charge >= 0.3 is 12.4 Å². The van der Waals surface area contributed by atoms with E-state index in [1.54, 1.807) is 13.8 Å². The van der Waals surface area contributed by atoms with Crippen LogP contribution in [-0.2, 0) is 18.9 Å². The number of aliphatic hydroxyl groups excluding tert-OH is 1. The Labute approximate surface area is 223 Å². The van der Waals surface area contributed by atoms with Crippen molar-refractivity contribution in [3.63, 3.8) is 0 Å². The Morgan fingerprint density at radius 3 is 2.26 bits per heavy atom. The number of anilines is 1. The summed E-state index contributed by atoms with van der Waals surface area (Å²) < 4.78 is 78.5. The number of amides is 2. The van der Waals surface area contributed by atoms with E-state index in [1.807, 2.05) is 0 Å². The number of alkyl halides is 6. The van der Waals surface area contributed by atoms with Crippen molar-refractivity contribution in [3.8, 4) is 0 Å². The van der Waals surface area contributed by atoms with Crippen LogP contribution < -0.4 is 10.6 Å². The van der Waals surface area contributed by atoms with Crippen molar-refractivity contribution in [1.82, 2.24) is 20.1 Å². The predicted molar refractivity (Wildman–Crippen MR) is 128 cm³/mol. The topological polar surface area (TPSA) is 109 Å². The number of hydrogen-bond donors (Lipinski definition) is 3. The van der Waals surface area contributed by atoms with Crippen LogP contribution in [0.2, 0.25) is 5.02 Å². The summed E-state index contributed by atoms with van der Waals surface area (Å²) in [7, 11) is 0. The smallest absolute Gasteiger partial charge is 0.394 e. The Balaban J connectivity index is 1.87. The van der Waals surface area contributed by atoms with Gasteiger partial charge in [0.2, 0.25) is 5.82 Å². The molecule has 39 heavy (non-hydrogen) atoms. The summed E-state index contributed by atoms with van der Waals surface area (Å²) in [6.45, 7) is 3.58. The molecule has 0 unspecified atom stereocenters. The first-order valence-electron chi connectivity index (χ1n) is 11.1. The summed E-state index contributed by atoms with van der Waals surface area (Å²) in [5, 5.41) is 17.5. The number of benzene rings is 2. The second-order valence-electron chi connectivity index (χ2n) is 9.17. The summed E-state index contributed by atoms with van der Waals surface area (Å²) in [5.74, 6) is -5.16. The molecule has 0 radical (unpaired) electrons. The molecule has 3 aromatic rings. The molecule has 0 atom stereocenters. The minimum Gasteiger partial charge on any atom is -0.394 e. The minimum absolute atomic E-state index is 0.0208. The summed E-state index contributed by atoms with van der Waals surface area (Å²) in [6.07, 6.45) is -10.3. The average Bonchev–Trinajstić information content (AvgIpc) is 3.25. The SMILES string of the molecule is Cc1cc(Cn2nc(C(F)(F)F)nc2C(F)(F)F)ccc1NC(=O)c1cccc(Cl)c1C(=O)NC(C)(C)CO. The van der Waals surface area contributed by atoms with Crippen molar-refractivity contribution in [3.05, 3.63) is 75.3 Å². The van der Waals surface area contributed by atoms with Crippen molar-refractivity contribution in [2.75, 3.05) is 11.9 Å². The van der Waals surface area contributed by atoms with Gasteiger partial charge in [-0.1, -0.05) is 29.8 Å². The Hall–Kier alpha value is -3.65. The standard InChI is InChI=1S/C24H22ClF6N5O3/c1-12-9-13(10-36-21(24(29,30)31)33-20(35-36)23(26,27)28)7-8-16(12)32-18(38)14-5-4-6-15(25)17(14)19(39)34-22(2,3)11-37/h4-9,37H,10-11H2,1-3H3,(H,32,38)(H,34,39). The Morgan fingerprint density at radius 1 is 1.03 bits per heavy atom. The van der Waals surface area contributed by atoms with Crippen molar-refractivity contribution in [1.29, 1.82) is 0 Å². The first-order valence-corrected chi connectivity index (χ1v) is 11.5. The van der Waals surface area contributed by atoms with Crippen molar-refractivity contribution >= 4 is 29.1 Å². The van der Waals surface area contributed by atoms with Crippen LogP contribution in [0.25, 0.3) is 0 Å². The molecule has 3 N–H and O–H groups in total. The van der Waals surface area contributed by atoms with Crippen molar-refractivity contribution in [2.24, 2.45) is 0 Å². The summed E-state index contributed by atoms with van der Waals surface area (Å²) in [4.78, 5) is 28.5. The molecule has 0 saturated carbocycles. The molecule has 8 nitrogen and oxygen atoms in total. The number of aliphatic hydroxyl groups is 1. The predicted octanol–water partition coefficient (Wildman–Crippen LogP) is 5.08. The zero-order valence-electron chi connectivity index (χ0n) is 20.6. The van der Waals surface area contributed by atoms with Crippen molar-refractivity contribution < 1.29 is 41.0 Å². The third-order valence-corrected chi connectivity index (χ3v) is 5.70. The number of carbonyl (C=O) groups excluding carboxylic acids is 2. The van der Waals surface area contributed by atoms with Gasteiger partial charge in [0.15, 0.2) is 0 Å². The zero-order valence-corrected chi connectivity index (χ0v) is 21.4. The Kier molecular flexibility index (Phi) is 8.32. The fourth-order valence-corrected chi connectivity index (χ4v) is 3.72. The molecule has 1 aromatic heterocycles. The van der Waals surface area contributed by atoms with E-state index in [0.29, 0.717) is 5.56 Å². The fourth-order valence-electron chi connectivity index (χ4n) is 3.46. The van der Waals surface area contributed by atoms with Gasteiger partial charge in [-0.25, -0.2) is 4.68 Å². The van der Waals surface area contributed by atoms with Gasteiger partial charge in [0.25, 0.3) is 17.6 Å². The molecule has 0 fully saturated rings. The van der Waals surface area contributed by atoms with Crippen LogP contribution in [0, 0.1) is 6.92 Å². The van der Waals surface area contributed by atoms with Gasteiger partial charge in [0.1, 0.15) is 0 Å². The monoisotopic (exact) mass is 577 g/mol. The van der Waals surface area contributed by atoms with E-state index >= 15 is 0 Å². The lowest BCUT2D eigenvalue weighted by molar-refractivity contribution is -0.150. The summed E-state index contributed by atoms with van der Waals surface area (Å²) in [5.41, 5.74) is -0.499. The summed E-state index contributed by atoms with van der Waals surface area (Å²) in [6, 6.07) is 8.21. The fraction of sp³-hybridized carbons (Fsp3) is 0.333. The largest absolute Gasteiger partial charge is 0.453 e. The number of aryl methyl sites for hydroxylation is 1. The number of halogens is 7. The molecule has 3 rings (SSSR count). The first kappa shape index (κ1) is 29.9. The second-order valence-corrected chi connectivity index (χ2v) is 9.58. The number of carbonyl (C=O) groups is 2. The average molecular weight is 578 g/mol. The number of rotatable bonds is 7. The molecular weight excluding hydrogens is 556 g/mol. The molecule has 0 aliphatic heterocycles. The number of aromatic nitrogens is 3. The summed E-state index contributed by atoms with van der Waals surface area (Å²) >= 11 is 6.18. The van der Waals surface area contributed by atoms with Crippen LogP contribution in [0.4, 0.5) is 32.0 Å². The maximum atomic E-state index is 13.2. The Morgan fingerprint density at radius 2 is 1.69 bits per heavy atom. The van der Waals surface area contributed by atoms with Gasteiger partial charge in [-0.05, 0) is 50.1 Å². The molecule has 210 valence electrons. The van der Waals surface area contributed by atoms with E-state index in [1.165, 1.54) is 43.3 Å². The molecule has 0 aliphatic carbocycles. The lowest BCUT2D eigenvalue weighted by atomic mass is 10.0. The number of nitrogens with zero attached hydrogens (tertiary/aromatic N) is 3. The highest BCUT2D eigenvalue weighted by molar-refractivity contribution is 6.35. The molecule has 0 aliphatic rings. The van der Waals surface area contributed by atoms with Gasteiger partial charge in [0.05, 0.1) is 34.8 Å². The number of nitrogens with one attached hydrogen (secondary N) is 2. The molecule has 2 aromatic carbocycles. The molecule has 0 saturated heterocycles. The van der Waals surface area contributed by atoms with Crippen LogP contribution in [0.3, 0.4) is 0 Å². The third-order valence-electron chi connectivity index (χ3n) is 5.38. The van der Waals surface area contributed by atoms with Crippen LogP contribution in [0.1, 0.15) is 57.3 Å². The van der Waals surface area contributed by atoms with E-state index in [0.717, 1.165) is 0 Å². The van der Waals surface area contributed by atoms with Crippen LogP contribution in [-0.4, -0.2) is 43.8 Å². The number of hydrogen-bond acceptors (Lipinski definition) is 5. The van der Waals surface area contributed by atoms with Crippen LogP contribution in [0.5, 0.6) is 0 Å². The molecule has 0 spiro atoms. The maximum Gasteiger partial charge on any atom is 0.453 e. The molecule has 0 bridgehead atoms. The minimum atomic E-state index is -5.17. The van der Waals surface area contributed by atoms with E-state index in [2.05, 4.69) is 20.7 Å². The third kappa shape index (κ3) is 7.06. The van der Waals surface area contributed by atoms with Crippen LogP contribution in [0.15, 0.2) is 36.4 Å². The van der Waals surface area contributed by atoms with Gasteiger partial charge in [0, 0.05) is 5.69 Å². The lowest BCUT2D eigenvalue weighted by Crippen LogP contribution is -2.46. The highest BCUT2D eigenvalue weighted by Crippen LogP contribution is 2.33. The highest BCUT2D eigenvalue weighted by Gasteiger charge is 2.44. The maximum absolute atomic E-state index is 13.2. The highest BCUT2D eigenvalue weighted by atomic mass is 35.5. The Bertz CT molecular complexity index is 1400.